The van der Waals surface area contributed by atoms with Gasteiger partial charge in [0.1, 0.15) is 11.4 Å². The molecule has 0 aliphatic carbocycles. The number of nitro benzene ring substituents is 1. The van der Waals surface area contributed by atoms with Gasteiger partial charge in [0.15, 0.2) is 0 Å². The minimum absolute atomic E-state index is 0.106. The summed E-state index contributed by atoms with van der Waals surface area (Å²) in [7, 11) is 0. The first-order chi connectivity index (χ1) is 8.51. The van der Waals surface area contributed by atoms with Gasteiger partial charge in [0.2, 0.25) is 0 Å². The van der Waals surface area contributed by atoms with E-state index < -0.39 is 10.8 Å². The van der Waals surface area contributed by atoms with Crippen LogP contribution in [-0.4, -0.2) is 29.0 Å². The van der Waals surface area contributed by atoms with Crippen molar-refractivity contribution in [3.8, 4) is 5.75 Å². The lowest BCUT2D eigenvalue weighted by atomic mass is 10.1. The highest BCUT2D eigenvalue weighted by Crippen LogP contribution is 2.31. The average molecular weight is 253 g/mol. The number of nitro groups is 1. The van der Waals surface area contributed by atoms with E-state index in [-0.39, 0.29) is 22.7 Å². The van der Waals surface area contributed by atoms with Crippen LogP contribution in [0.4, 0.5) is 11.4 Å². The summed E-state index contributed by atoms with van der Waals surface area (Å²) in [6.07, 6.45) is 0. The highest BCUT2D eigenvalue weighted by Gasteiger charge is 2.21. The van der Waals surface area contributed by atoms with Crippen LogP contribution in [0.1, 0.15) is 24.2 Å². The maximum Gasteiger partial charge on any atom is 0.293 e. The van der Waals surface area contributed by atoms with Crippen LogP contribution in [0.15, 0.2) is 12.1 Å². The van der Waals surface area contributed by atoms with Gasteiger partial charge in [-0.25, -0.2) is 0 Å². The molecule has 0 unspecified atom stereocenters. The van der Waals surface area contributed by atoms with Crippen LogP contribution >= 0.6 is 0 Å². The molecule has 0 aliphatic rings. The average Bonchev–Trinajstić information content (AvgIpc) is 2.29. The van der Waals surface area contributed by atoms with Gasteiger partial charge in [-0.1, -0.05) is 0 Å². The Morgan fingerprint density at radius 1 is 1.39 bits per heavy atom. The van der Waals surface area contributed by atoms with Crippen molar-refractivity contribution < 1.29 is 14.8 Å². The minimum atomic E-state index is -0.597. The highest BCUT2D eigenvalue weighted by molar-refractivity contribution is 5.98. The fraction of sp³-hybridized carbons (Fsp3) is 0.364. The Kier molecular flexibility index (Phi) is 4.47. The molecule has 0 fully saturated rings. The summed E-state index contributed by atoms with van der Waals surface area (Å²) in [5, 5.41) is 25.8. The van der Waals surface area contributed by atoms with E-state index in [1.165, 1.54) is 6.07 Å². The predicted molar refractivity (Wildman–Crippen MR) is 66.9 cm³/mol. The van der Waals surface area contributed by atoms with Crippen molar-refractivity contribution in [2.75, 3.05) is 18.4 Å². The number of amides is 1. The first kappa shape index (κ1) is 13.8. The second-order valence-electron chi connectivity index (χ2n) is 3.53. The zero-order valence-corrected chi connectivity index (χ0v) is 10.2. The Labute approximate surface area is 104 Å². The lowest BCUT2D eigenvalue weighted by molar-refractivity contribution is -0.384. The molecule has 0 atom stereocenters. The van der Waals surface area contributed by atoms with E-state index in [0.717, 1.165) is 6.07 Å². The zero-order chi connectivity index (χ0) is 13.7. The SMILES string of the molecule is CCNC(=O)c1cc([N+](=O)[O-])c(NCC)cc1O. The third-order valence-corrected chi connectivity index (χ3v) is 2.26. The summed E-state index contributed by atoms with van der Waals surface area (Å²) in [6.45, 7) is 4.34. The fourth-order valence-electron chi connectivity index (χ4n) is 1.50. The molecule has 3 N–H and O–H groups in total. The summed E-state index contributed by atoms with van der Waals surface area (Å²) in [6, 6.07) is 2.25. The van der Waals surface area contributed by atoms with Gasteiger partial charge in [0.25, 0.3) is 11.6 Å². The molecule has 0 aromatic heterocycles. The Bertz CT molecular complexity index is 474. The molecular weight excluding hydrogens is 238 g/mol. The molecule has 7 heteroatoms. The monoisotopic (exact) mass is 253 g/mol. The van der Waals surface area contributed by atoms with E-state index in [0.29, 0.717) is 13.1 Å². The molecular formula is C11H15N3O4. The van der Waals surface area contributed by atoms with Crippen LogP contribution in [0.2, 0.25) is 0 Å². The molecule has 1 amide bonds. The second-order valence-corrected chi connectivity index (χ2v) is 3.53. The number of rotatable bonds is 5. The fourth-order valence-corrected chi connectivity index (χ4v) is 1.50. The minimum Gasteiger partial charge on any atom is -0.507 e. The van der Waals surface area contributed by atoms with Gasteiger partial charge in [-0.05, 0) is 13.8 Å². The van der Waals surface area contributed by atoms with Crippen molar-refractivity contribution in [3.63, 3.8) is 0 Å². The zero-order valence-electron chi connectivity index (χ0n) is 10.2. The van der Waals surface area contributed by atoms with Crippen LogP contribution < -0.4 is 10.6 Å². The molecule has 1 aromatic carbocycles. The smallest absolute Gasteiger partial charge is 0.293 e. The summed E-state index contributed by atoms with van der Waals surface area (Å²) >= 11 is 0. The maximum absolute atomic E-state index is 11.6. The topological polar surface area (TPSA) is 104 Å². The lowest BCUT2D eigenvalue weighted by Crippen LogP contribution is -2.23. The van der Waals surface area contributed by atoms with Gasteiger partial charge in [0, 0.05) is 25.2 Å². The first-order valence-electron chi connectivity index (χ1n) is 5.54. The highest BCUT2D eigenvalue weighted by atomic mass is 16.6. The molecule has 98 valence electrons. The van der Waals surface area contributed by atoms with Gasteiger partial charge < -0.3 is 15.7 Å². The molecule has 0 aliphatic heterocycles. The third kappa shape index (κ3) is 2.88. The Balaban J connectivity index is 3.26. The standard InChI is InChI=1S/C11H15N3O4/c1-3-12-8-6-10(15)7(11(16)13-4-2)5-9(8)14(17)18/h5-6,12,15H,3-4H2,1-2H3,(H,13,16). The van der Waals surface area contributed by atoms with E-state index in [2.05, 4.69) is 10.6 Å². The van der Waals surface area contributed by atoms with E-state index in [1.54, 1.807) is 13.8 Å². The molecule has 0 bridgehead atoms. The van der Waals surface area contributed by atoms with Crippen LogP contribution in [0.5, 0.6) is 5.75 Å². The lowest BCUT2D eigenvalue weighted by Gasteiger charge is -2.09. The number of hydrogen-bond donors (Lipinski definition) is 3. The first-order valence-corrected chi connectivity index (χ1v) is 5.54. The van der Waals surface area contributed by atoms with Gasteiger partial charge >= 0.3 is 0 Å². The number of nitrogens with one attached hydrogen (secondary N) is 2. The number of anilines is 1. The van der Waals surface area contributed by atoms with E-state index in [1.807, 2.05) is 0 Å². The van der Waals surface area contributed by atoms with Crippen LogP contribution in [0, 0.1) is 10.1 Å². The molecule has 1 rings (SSSR count). The Morgan fingerprint density at radius 2 is 2.06 bits per heavy atom. The van der Waals surface area contributed by atoms with Crippen molar-refractivity contribution in [2.24, 2.45) is 0 Å². The van der Waals surface area contributed by atoms with Crippen molar-refractivity contribution in [3.05, 3.63) is 27.8 Å². The maximum atomic E-state index is 11.6. The summed E-state index contributed by atoms with van der Waals surface area (Å²) < 4.78 is 0. The molecule has 0 saturated heterocycles. The molecule has 0 heterocycles. The number of aromatic hydroxyl groups is 1. The molecule has 1 aromatic rings. The Morgan fingerprint density at radius 3 is 2.56 bits per heavy atom. The third-order valence-electron chi connectivity index (χ3n) is 2.26. The largest absolute Gasteiger partial charge is 0.507 e. The normalized spacial score (nSPS) is 9.89. The predicted octanol–water partition coefficient (Wildman–Crippen LogP) is 1.48. The van der Waals surface area contributed by atoms with E-state index >= 15 is 0 Å². The number of carbonyl (C=O) groups excluding carboxylic acids is 1. The summed E-state index contributed by atoms with van der Waals surface area (Å²) in [5.41, 5.74) is -0.158. The molecule has 18 heavy (non-hydrogen) atoms. The van der Waals surface area contributed by atoms with Crippen LogP contribution in [0.25, 0.3) is 0 Å². The quantitative estimate of drug-likeness (QED) is 0.544. The van der Waals surface area contributed by atoms with E-state index in [4.69, 9.17) is 0 Å². The molecule has 0 spiro atoms. The van der Waals surface area contributed by atoms with Crippen molar-refractivity contribution >= 4 is 17.3 Å². The van der Waals surface area contributed by atoms with Gasteiger partial charge in [-0.2, -0.15) is 0 Å². The van der Waals surface area contributed by atoms with E-state index in [9.17, 15) is 20.0 Å². The molecule has 0 saturated carbocycles. The number of phenolic OH excluding ortho intramolecular Hbond substituents is 1. The second kappa shape index (κ2) is 5.85. The number of phenols is 1. The van der Waals surface area contributed by atoms with Crippen LogP contribution in [0.3, 0.4) is 0 Å². The van der Waals surface area contributed by atoms with Crippen molar-refractivity contribution in [2.45, 2.75) is 13.8 Å². The van der Waals surface area contributed by atoms with Gasteiger partial charge in [-0.3, -0.25) is 14.9 Å². The van der Waals surface area contributed by atoms with Gasteiger partial charge in [0.05, 0.1) is 10.5 Å². The number of benzene rings is 1. The summed E-state index contributed by atoms with van der Waals surface area (Å²) in [5.74, 6) is -0.830. The Hall–Kier alpha value is -2.31. The molecule has 0 radical (unpaired) electrons. The number of carbonyl (C=O) groups is 1. The number of nitrogens with zero attached hydrogens (tertiary/aromatic N) is 1. The number of hydrogen-bond acceptors (Lipinski definition) is 5. The summed E-state index contributed by atoms with van der Waals surface area (Å²) in [4.78, 5) is 21.9. The van der Waals surface area contributed by atoms with Crippen LogP contribution in [-0.2, 0) is 0 Å². The van der Waals surface area contributed by atoms with Crippen molar-refractivity contribution in [1.82, 2.24) is 5.32 Å². The van der Waals surface area contributed by atoms with Gasteiger partial charge in [-0.15, -0.1) is 0 Å². The van der Waals surface area contributed by atoms with Crippen molar-refractivity contribution in [1.29, 1.82) is 0 Å². The molecule has 7 nitrogen and oxygen atoms in total.